The van der Waals surface area contributed by atoms with Crippen LogP contribution in [0.2, 0.25) is 19.6 Å². The zero-order valence-corrected chi connectivity index (χ0v) is 7.83. The fourth-order valence-electron chi connectivity index (χ4n) is 0.873. The summed E-state index contributed by atoms with van der Waals surface area (Å²) in [5.41, 5.74) is 0. The Kier molecular flexibility index (Phi) is 1.94. The van der Waals surface area contributed by atoms with Gasteiger partial charge in [0.15, 0.2) is 0 Å². The van der Waals surface area contributed by atoms with Crippen molar-refractivity contribution in [2.45, 2.75) is 19.6 Å². The van der Waals surface area contributed by atoms with E-state index in [0.717, 1.165) is 6.54 Å². The lowest BCUT2D eigenvalue weighted by Gasteiger charge is -2.32. The molecule has 1 aliphatic rings. The van der Waals surface area contributed by atoms with Crippen LogP contribution in [0.25, 0.3) is 0 Å². The summed E-state index contributed by atoms with van der Waals surface area (Å²) in [6, 6.07) is 0. The van der Waals surface area contributed by atoms with Gasteiger partial charge in [-0.2, -0.15) is 0 Å². The molecule has 0 saturated carbocycles. The summed E-state index contributed by atoms with van der Waals surface area (Å²) in [5.74, 6) is 0. The minimum Gasteiger partial charge on any atom is -0.398 e. The van der Waals surface area contributed by atoms with Crippen LogP contribution in [0.15, 0.2) is 17.4 Å². The fourth-order valence-corrected chi connectivity index (χ4v) is 2.02. The maximum absolute atomic E-state index is 4.02. The highest BCUT2D eigenvalue weighted by Crippen LogP contribution is 2.10. The Balaban J connectivity index is 2.60. The van der Waals surface area contributed by atoms with Gasteiger partial charge in [-0.15, -0.1) is 0 Å². The highest BCUT2D eigenvalue weighted by molar-refractivity contribution is 6.73. The third-order valence-electron chi connectivity index (χ3n) is 1.58. The second-order valence-corrected chi connectivity index (χ2v) is 8.37. The number of hydrogen-bond donors (Lipinski definition) is 0. The van der Waals surface area contributed by atoms with E-state index in [1.807, 2.05) is 12.4 Å². The zero-order chi connectivity index (χ0) is 7.61. The average molecular weight is 154 g/mol. The van der Waals surface area contributed by atoms with E-state index in [1.54, 1.807) is 0 Å². The monoisotopic (exact) mass is 154 g/mol. The van der Waals surface area contributed by atoms with Crippen molar-refractivity contribution < 1.29 is 0 Å². The van der Waals surface area contributed by atoms with Crippen LogP contribution in [0.3, 0.4) is 0 Å². The Morgan fingerprint density at radius 2 is 2.10 bits per heavy atom. The molecule has 1 aliphatic heterocycles. The number of aliphatic imine (C=N–C) groups is 1. The van der Waals surface area contributed by atoms with E-state index in [0.29, 0.717) is 0 Å². The summed E-state index contributed by atoms with van der Waals surface area (Å²) in [6.45, 7) is 7.98. The van der Waals surface area contributed by atoms with Crippen LogP contribution in [-0.2, 0) is 0 Å². The largest absolute Gasteiger partial charge is 0.398 e. The second kappa shape index (κ2) is 2.58. The van der Waals surface area contributed by atoms with Crippen molar-refractivity contribution in [1.29, 1.82) is 0 Å². The van der Waals surface area contributed by atoms with Crippen LogP contribution in [0.4, 0.5) is 0 Å². The van der Waals surface area contributed by atoms with Gasteiger partial charge in [-0.25, -0.2) is 0 Å². The van der Waals surface area contributed by atoms with Gasteiger partial charge in [0.1, 0.15) is 8.24 Å². The standard InChI is InChI=1S/C7H14N2Si/c1-10(2,3)9-6-4-8-5-7-9/h4-6H,7H2,1-3H3. The molecule has 2 nitrogen and oxygen atoms in total. The number of hydrogen-bond acceptors (Lipinski definition) is 2. The topological polar surface area (TPSA) is 15.6 Å². The molecule has 0 bridgehead atoms. The first-order valence-corrected chi connectivity index (χ1v) is 7.00. The van der Waals surface area contributed by atoms with E-state index >= 15 is 0 Å². The van der Waals surface area contributed by atoms with Crippen molar-refractivity contribution in [2.75, 3.05) is 6.54 Å². The molecule has 0 aromatic rings. The van der Waals surface area contributed by atoms with Gasteiger partial charge in [-0.05, 0) is 0 Å². The molecule has 56 valence electrons. The first-order valence-electron chi connectivity index (χ1n) is 3.56. The Labute approximate surface area is 63.3 Å². The Bertz CT molecular complexity index is 167. The van der Waals surface area contributed by atoms with Crippen molar-refractivity contribution in [3.05, 3.63) is 12.4 Å². The van der Waals surface area contributed by atoms with E-state index in [2.05, 4.69) is 35.4 Å². The van der Waals surface area contributed by atoms with Gasteiger partial charge in [0.05, 0.1) is 0 Å². The van der Waals surface area contributed by atoms with Crippen LogP contribution in [0, 0.1) is 0 Å². The van der Waals surface area contributed by atoms with Crippen LogP contribution >= 0.6 is 0 Å². The third-order valence-corrected chi connectivity index (χ3v) is 3.63. The SMILES string of the molecule is C[Si](C)(C)N1C=CN=CC1. The van der Waals surface area contributed by atoms with Gasteiger partial charge < -0.3 is 4.57 Å². The van der Waals surface area contributed by atoms with Gasteiger partial charge in [0.25, 0.3) is 0 Å². The lowest BCUT2D eigenvalue weighted by molar-refractivity contribution is 0.641. The molecule has 0 amide bonds. The van der Waals surface area contributed by atoms with Gasteiger partial charge in [-0.1, -0.05) is 19.6 Å². The predicted octanol–water partition coefficient (Wildman–Crippen LogP) is 1.68. The van der Waals surface area contributed by atoms with E-state index in [4.69, 9.17) is 0 Å². The Morgan fingerprint density at radius 1 is 1.40 bits per heavy atom. The van der Waals surface area contributed by atoms with Gasteiger partial charge >= 0.3 is 0 Å². The molecule has 0 aromatic carbocycles. The van der Waals surface area contributed by atoms with Crippen LogP contribution < -0.4 is 0 Å². The quantitative estimate of drug-likeness (QED) is 0.525. The van der Waals surface area contributed by atoms with E-state index < -0.39 is 8.24 Å². The molecule has 0 saturated heterocycles. The molecule has 10 heavy (non-hydrogen) atoms. The summed E-state index contributed by atoms with van der Waals surface area (Å²) in [7, 11) is -1.10. The summed E-state index contributed by atoms with van der Waals surface area (Å²) in [6.07, 6.45) is 5.91. The normalized spacial score (nSPS) is 18.1. The van der Waals surface area contributed by atoms with Crippen molar-refractivity contribution >= 4 is 14.5 Å². The van der Waals surface area contributed by atoms with E-state index in [-0.39, 0.29) is 0 Å². The van der Waals surface area contributed by atoms with Crippen LogP contribution in [-0.4, -0.2) is 25.6 Å². The Morgan fingerprint density at radius 3 is 2.40 bits per heavy atom. The lowest BCUT2D eigenvalue weighted by Crippen LogP contribution is -2.43. The molecule has 0 N–H and O–H groups in total. The number of nitrogens with zero attached hydrogens (tertiary/aromatic N) is 2. The first-order chi connectivity index (χ1) is 4.61. The molecule has 0 unspecified atom stereocenters. The maximum Gasteiger partial charge on any atom is 0.147 e. The molecule has 1 heterocycles. The Hall–Kier alpha value is -0.573. The maximum atomic E-state index is 4.02. The zero-order valence-electron chi connectivity index (χ0n) is 6.83. The second-order valence-electron chi connectivity index (χ2n) is 3.45. The van der Waals surface area contributed by atoms with Crippen LogP contribution in [0.5, 0.6) is 0 Å². The van der Waals surface area contributed by atoms with Crippen molar-refractivity contribution in [3.8, 4) is 0 Å². The summed E-state index contributed by atoms with van der Waals surface area (Å²) in [4.78, 5) is 4.02. The van der Waals surface area contributed by atoms with Crippen LogP contribution in [0.1, 0.15) is 0 Å². The molecule has 0 radical (unpaired) electrons. The molecular formula is C7H14N2Si. The molecule has 0 fully saturated rings. The summed E-state index contributed by atoms with van der Waals surface area (Å²) < 4.78 is 2.39. The summed E-state index contributed by atoms with van der Waals surface area (Å²) >= 11 is 0. The smallest absolute Gasteiger partial charge is 0.147 e. The van der Waals surface area contributed by atoms with E-state index in [9.17, 15) is 0 Å². The predicted molar refractivity (Wildman–Crippen MR) is 47.7 cm³/mol. The minimum absolute atomic E-state index is 0.992. The highest BCUT2D eigenvalue weighted by Gasteiger charge is 2.20. The molecule has 0 atom stereocenters. The van der Waals surface area contributed by atoms with Gasteiger partial charge in [0, 0.05) is 25.2 Å². The van der Waals surface area contributed by atoms with Crippen molar-refractivity contribution in [3.63, 3.8) is 0 Å². The number of rotatable bonds is 1. The average Bonchev–Trinajstić information content (AvgIpc) is 1.88. The minimum atomic E-state index is -1.10. The van der Waals surface area contributed by atoms with Crippen molar-refractivity contribution in [2.24, 2.45) is 4.99 Å². The molecule has 1 rings (SSSR count). The molecule has 0 spiro atoms. The molecule has 0 aliphatic carbocycles. The van der Waals surface area contributed by atoms with E-state index in [1.165, 1.54) is 0 Å². The molecular weight excluding hydrogens is 140 g/mol. The highest BCUT2D eigenvalue weighted by atomic mass is 28.3. The summed E-state index contributed by atoms with van der Waals surface area (Å²) in [5, 5.41) is 0. The molecule has 0 aromatic heterocycles. The lowest BCUT2D eigenvalue weighted by atomic mass is 10.6. The van der Waals surface area contributed by atoms with Gasteiger partial charge in [-0.3, -0.25) is 4.99 Å². The van der Waals surface area contributed by atoms with Crippen molar-refractivity contribution in [1.82, 2.24) is 4.57 Å². The fraction of sp³-hybridized carbons (Fsp3) is 0.571. The third kappa shape index (κ3) is 1.70. The van der Waals surface area contributed by atoms with Gasteiger partial charge in [0.2, 0.25) is 0 Å². The first kappa shape index (κ1) is 7.53. The molecule has 3 heteroatoms.